The summed E-state index contributed by atoms with van der Waals surface area (Å²) in [6.07, 6.45) is -3.08. The number of hydrogen-bond acceptors (Lipinski definition) is 2. The molecule has 1 aliphatic carbocycles. The molecule has 1 amide bonds. The van der Waals surface area contributed by atoms with E-state index in [1.54, 1.807) is 0 Å². The predicted molar refractivity (Wildman–Crippen MR) is 68.4 cm³/mol. The molecule has 1 heterocycles. The number of carboxylic acids is 1. The van der Waals surface area contributed by atoms with Crippen molar-refractivity contribution in [2.75, 3.05) is 13.1 Å². The first-order chi connectivity index (χ1) is 9.70. The second kappa shape index (κ2) is 5.85. The van der Waals surface area contributed by atoms with Gasteiger partial charge in [-0.1, -0.05) is 6.92 Å². The SMILES string of the molecule is CC1CC(C(=O)O)C(C(=O)N2CCCC(C(F)(F)F)C2)C1. The molecule has 0 spiro atoms. The maximum absolute atomic E-state index is 12.8. The number of hydrogen-bond donors (Lipinski definition) is 1. The first-order valence-corrected chi connectivity index (χ1v) is 7.28. The Kier molecular flexibility index (Phi) is 4.49. The van der Waals surface area contributed by atoms with Gasteiger partial charge in [0.15, 0.2) is 0 Å². The van der Waals surface area contributed by atoms with E-state index in [0.29, 0.717) is 25.8 Å². The molecule has 0 radical (unpaired) electrons. The molecule has 21 heavy (non-hydrogen) atoms. The summed E-state index contributed by atoms with van der Waals surface area (Å²) in [5.74, 6) is -4.26. The van der Waals surface area contributed by atoms with E-state index in [0.717, 1.165) is 0 Å². The number of nitrogens with zero attached hydrogens (tertiary/aromatic N) is 1. The molecule has 0 bridgehead atoms. The van der Waals surface area contributed by atoms with Gasteiger partial charge in [0.2, 0.25) is 5.91 Å². The lowest BCUT2D eigenvalue weighted by atomic mass is 9.91. The number of carbonyl (C=O) groups excluding carboxylic acids is 1. The zero-order valence-electron chi connectivity index (χ0n) is 11.9. The molecule has 0 aromatic heterocycles. The van der Waals surface area contributed by atoms with Crippen LogP contribution in [-0.4, -0.2) is 41.1 Å². The monoisotopic (exact) mass is 307 g/mol. The highest BCUT2D eigenvalue weighted by atomic mass is 19.4. The van der Waals surface area contributed by atoms with Crippen LogP contribution in [-0.2, 0) is 9.59 Å². The lowest BCUT2D eigenvalue weighted by molar-refractivity contribution is -0.189. The molecule has 1 saturated carbocycles. The molecule has 1 aliphatic heterocycles. The summed E-state index contributed by atoms with van der Waals surface area (Å²) in [6.45, 7) is 1.83. The summed E-state index contributed by atoms with van der Waals surface area (Å²) >= 11 is 0. The van der Waals surface area contributed by atoms with E-state index in [1.807, 2.05) is 6.92 Å². The first kappa shape index (κ1) is 16.1. The van der Waals surface area contributed by atoms with Crippen LogP contribution in [0.2, 0.25) is 0 Å². The van der Waals surface area contributed by atoms with Gasteiger partial charge in [-0.2, -0.15) is 13.2 Å². The van der Waals surface area contributed by atoms with Crippen LogP contribution in [0, 0.1) is 23.7 Å². The van der Waals surface area contributed by atoms with Crippen LogP contribution in [0.5, 0.6) is 0 Å². The summed E-state index contributed by atoms with van der Waals surface area (Å²) in [6, 6.07) is 0. The fourth-order valence-electron chi connectivity index (χ4n) is 3.52. The number of carbonyl (C=O) groups is 2. The third kappa shape index (κ3) is 3.49. The second-order valence-electron chi connectivity index (χ2n) is 6.29. The largest absolute Gasteiger partial charge is 0.481 e. The lowest BCUT2D eigenvalue weighted by Crippen LogP contribution is -2.47. The number of piperidine rings is 1. The summed E-state index contributed by atoms with van der Waals surface area (Å²) in [4.78, 5) is 24.9. The predicted octanol–water partition coefficient (Wildman–Crippen LogP) is 2.53. The maximum Gasteiger partial charge on any atom is 0.393 e. The van der Waals surface area contributed by atoms with Crippen molar-refractivity contribution in [3.8, 4) is 0 Å². The number of alkyl halides is 3. The molecule has 2 aliphatic rings. The van der Waals surface area contributed by atoms with E-state index >= 15 is 0 Å². The molecule has 4 atom stereocenters. The number of aliphatic carboxylic acids is 1. The molecule has 2 rings (SSSR count). The van der Waals surface area contributed by atoms with Gasteiger partial charge in [0.25, 0.3) is 0 Å². The minimum absolute atomic E-state index is 0.0384. The van der Waals surface area contributed by atoms with Crippen molar-refractivity contribution in [2.45, 2.75) is 38.8 Å². The maximum atomic E-state index is 12.8. The normalized spacial score (nSPS) is 34.0. The van der Waals surface area contributed by atoms with E-state index < -0.39 is 35.8 Å². The van der Waals surface area contributed by atoms with Gasteiger partial charge in [-0.3, -0.25) is 9.59 Å². The number of rotatable bonds is 2. The van der Waals surface area contributed by atoms with Crippen LogP contribution in [0.4, 0.5) is 13.2 Å². The topological polar surface area (TPSA) is 57.6 Å². The van der Waals surface area contributed by atoms with Crippen LogP contribution < -0.4 is 0 Å². The summed E-state index contributed by atoms with van der Waals surface area (Å²) in [7, 11) is 0. The molecule has 0 aromatic rings. The molecule has 1 saturated heterocycles. The lowest BCUT2D eigenvalue weighted by Gasteiger charge is -2.35. The number of halogens is 3. The zero-order valence-corrected chi connectivity index (χ0v) is 11.9. The molecule has 1 N–H and O–H groups in total. The number of carboxylic acid groups (broad SMARTS) is 1. The quantitative estimate of drug-likeness (QED) is 0.853. The standard InChI is InChI=1S/C14H20F3NO3/c1-8-5-10(11(6-8)13(20)21)12(19)18-4-2-3-9(7-18)14(15,16)17/h8-11H,2-7H2,1H3,(H,20,21). The highest BCUT2D eigenvalue weighted by molar-refractivity contribution is 5.85. The Bertz CT molecular complexity index is 424. The highest BCUT2D eigenvalue weighted by Crippen LogP contribution is 2.39. The minimum atomic E-state index is -4.30. The molecule has 0 aromatic carbocycles. The van der Waals surface area contributed by atoms with Gasteiger partial charge in [0.05, 0.1) is 17.8 Å². The molecule has 4 unspecified atom stereocenters. The minimum Gasteiger partial charge on any atom is -0.481 e. The van der Waals surface area contributed by atoms with Crippen LogP contribution in [0.3, 0.4) is 0 Å². The van der Waals surface area contributed by atoms with Crippen LogP contribution >= 0.6 is 0 Å². The van der Waals surface area contributed by atoms with E-state index in [2.05, 4.69) is 0 Å². The zero-order chi connectivity index (χ0) is 15.8. The van der Waals surface area contributed by atoms with Gasteiger partial charge in [-0.25, -0.2) is 0 Å². The number of amides is 1. The molecular weight excluding hydrogens is 287 g/mol. The summed E-state index contributed by atoms with van der Waals surface area (Å²) < 4.78 is 38.4. The Balaban J connectivity index is 2.07. The summed E-state index contributed by atoms with van der Waals surface area (Å²) in [5.41, 5.74) is 0. The Morgan fingerprint density at radius 2 is 1.81 bits per heavy atom. The smallest absolute Gasteiger partial charge is 0.393 e. The van der Waals surface area contributed by atoms with Gasteiger partial charge in [0, 0.05) is 13.1 Å². The molecule has 2 fully saturated rings. The second-order valence-corrected chi connectivity index (χ2v) is 6.29. The van der Waals surface area contributed by atoms with Crippen LogP contribution in [0.25, 0.3) is 0 Å². The summed E-state index contributed by atoms with van der Waals surface area (Å²) in [5, 5.41) is 9.18. The van der Waals surface area contributed by atoms with Crippen molar-refractivity contribution in [3.63, 3.8) is 0 Å². The highest BCUT2D eigenvalue weighted by Gasteiger charge is 2.46. The Morgan fingerprint density at radius 1 is 1.19 bits per heavy atom. The molecular formula is C14H20F3NO3. The van der Waals surface area contributed by atoms with Crippen LogP contribution in [0.1, 0.15) is 32.6 Å². The van der Waals surface area contributed by atoms with Crippen molar-refractivity contribution in [2.24, 2.45) is 23.7 Å². The van der Waals surface area contributed by atoms with E-state index in [-0.39, 0.29) is 18.9 Å². The van der Waals surface area contributed by atoms with E-state index in [4.69, 9.17) is 0 Å². The molecule has 7 heteroatoms. The fraction of sp³-hybridized carbons (Fsp3) is 0.857. The van der Waals surface area contributed by atoms with Crippen molar-refractivity contribution in [3.05, 3.63) is 0 Å². The molecule has 120 valence electrons. The first-order valence-electron chi connectivity index (χ1n) is 7.28. The fourth-order valence-corrected chi connectivity index (χ4v) is 3.52. The average Bonchev–Trinajstić information content (AvgIpc) is 2.79. The Morgan fingerprint density at radius 3 is 2.38 bits per heavy atom. The van der Waals surface area contributed by atoms with Crippen molar-refractivity contribution in [1.29, 1.82) is 0 Å². The average molecular weight is 307 g/mol. The number of likely N-dealkylation sites (tertiary alicyclic amines) is 1. The van der Waals surface area contributed by atoms with Crippen molar-refractivity contribution >= 4 is 11.9 Å². The van der Waals surface area contributed by atoms with Gasteiger partial charge in [0.1, 0.15) is 0 Å². The Hall–Kier alpha value is -1.27. The Labute approximate surface area is 121 Å². The van der Waals surface area contributed by atoms with Gasteiger partial charge in [-0.05, 0) is 31.6 Å². The van der Waals surface area contributed by atoms with Gasteiger partial charge in [-0.15, -0.1) is 0 Å². The van der Waals surface area contributed by atoms with Crippen LogP contribution in [0.15, 0.2) is 0 Å². The third-order valence-corrected chi connectivity index (χ3v) is 4.63. The third-order valence-electron chi connectivity index (χ3n) is 4.63. The van der Waals surface area contributed by atoms with Crippen molar-refractivity contribution in [1.82, 2.24) is 4.90 Å². The van der Waals surface area contributed by atoms with Gasteiger partial charge >= 0.3 is 12.1 Å². The van der Waals surface area contributed by atoms with E-state index in [1.165, 1.54) is 4.90 Å². The molecule has 4 nitrogen and oxygen atoms in total. The van der Waals surface area contributed by atoms with Gasteiger partial charge < -0.3 is 10.0 Å². The van der Waals surface area contributed by atoms with E-state index in [9.17, 15) is 27.9 Å². The van der Waals surface area contributed by atoms with Crippen molar-refractivity contribution < 1.29 is 27.9 Å².